The average molecular weight is 260 g/mol. The Hall–Kier alpha value is 0.170. The average Bonchev–Trinajstić information content (AvgIpc) is 2.71. The molecule has 0 aromatic heterocycles. The topological polar surface area (TPSA) is 24.4 Å². The summed E-state index contributed by atoms with van der Waals surface area (Å²) in [5.74, 6) is 1.17. The minimum Gasteiger partial charge on any atom is -0.359 e. The van der Waals surface area contributed by atoms with Crippen LogP contribution in [0.1, 0.15) is 40.5 Å². The fourth-order valence-electron chi connectivity index (χ4n) is 1.55. The first-order valence-corrected chi connectivity index (χ1v) is 8.18. The van der Waals surface area contributed by atoms with Crippen LogP contribution in [0.2, 0.25) is 0 Å². The number of nitrogens with one attached hydrogen (secondary N) is 1. The molecule has 1 heterocycles. The smallest absolute Gasteiger partial charge is 0.157 e. The minimum absolute atomic E-state index is 0.249. The van der Waals surface area contributed by atoms with Gasteiger partial charge in [-0.05, 0) is 32.9 Å². The van der Waals surface area contributed by atoms with Gasteiger partial charge in [0.1, 0.15) is 0 Å². The van der Waals surface area contributed by atoms with Crippen molar-refractivity contribution in [3.63, 3.8) is 0 Å². The van der Waals surface area contributed by atoms with Crippen molar-refractivity contribution in [1.82, 2.24) is 5.32 Å². The quantitative estimate of drug-likeness (QED) is 0.820. The molecule has 0 radical (unpaired) electrons. The van der Waals surface area contributed by atoms with Crippen molar-refractivity contribution in [2.24, 2.45) is 4.99 Å². The van der Waals surface area contributed by atoms with Crippen LogP contribution in [0, 0.1) is 0 Å². The van der Waals surface area contributed by atoms with E-state index in [1.165, 1.54) is 18.6 Å². The van der Waals surface area contributed by atoms with E-state index in [0.717, 1.165) is 11.7 Å². The van der Waals surface area contributed by atoms with Gasteiger partial charge in [-0.25, -0.2) is 0 Å². The molecule has 0 bridgehead atoms. The van der Waals surface area contributed by atoms with Crippen molar-refractivity contribution >= 4 is 28.7 Å². The van der Waals surface area contributed by atoms with Crippen LogP contribution in [0.25, 0.3) is 0 Å². The summed E-state index contributed by atoms with van der Waals surface area (Å²) in [6, 6.07) is 0. The van der Waals surface area contributed by atoms with Crippen molar-refractivity contribution in [3.05, 3.63) is 0 Å². The maximum absolute atomic E-state index is 4.70. The number of hydrogen-bond acceptors (Lipinski definition) is 3. The van der Waals surface area contributed by atoms with Crippen molar-refractivity contribution in [2.75, 3.05) is 18.6 Å². The Kier molecular flexibility index (Phi) is 5.05. The summed E-state index contributed by atoms with van der Waals surface area (Å²) in [6.07, 6.45) is 4.51. The Balaban J connectivity index is 2.56. The molecule has 0 atom stereocenters. The van der Waals surface area contributed by atoms with Gasteiger partial charge in [-0.15, -0.1) is 0 Å². The predicted octanol–water partition coefficient (Wildman–Crippen LogP) is 3.38. The molecule has 1 saturated heterocycles. The summed E-state index contributed by atoms with van der Waals surface area (Å²) < 4.78 is 0.249. The molecule has 2 nitrogen and oxygen atoms in total. The van der Waals surface area contributed by atoms with Crippen molar-refractivity contribution in [2.45, 2.75) is 50.8 Å². The standard InChI is InChI=1S/C12H24N2S2/c1-6-12(7-2)9-16-10(14-12)13-8-11(3,4)15-5/h6-9H2,1-5H3,(H,13,14). The molecule has 0 saturated carbocycles. The SMILES string of the molecule is CCC1(CC)CSC(=NCC(C)(C)SC)N1. The van der Waals surface area contributed by atoms with E-state index in [1.54, 1.807) is 0 Å². The van der Waals surface area contributed by atoms with Crippen molar-refractivity contribution < 1.29 is 0 Å². The Labute approximate surface area is 108 Å². The van der Waals surface area contributed by atoms with E-state index >= 15 is 0 Å². The molecule has 0 spiro atoms. The molecule has 0 aromatic carbocycles. The van der Waals surface area contributed by atoms with Gasteiger partial charge in [0, 0.05) is 16.0 Å². The van der Waals surface area contributed by atoms with Crippen LogP contribution in [-0.2, 0) is 0 Å². The minimum atomic E-state index is 0.249. The highest BCUT2D eigenvalue weighted by molar-refractivity contribution is 8.14. The summed E-state index contributed by atoms with van der Waals surface area (Å²) in [7, 11) is 0. The fourth-order valence-corrected chi connectivity index (χ4v) is 3.08. The molecule has 94 valence electrons. The van der Waals surface area contributed by atoms with E-state index in [2.05, 4.69) is 39.3 Å². The van der Waals surface area contributed by atoms with Crippen molar-refractivity contribution in [1.29, 1.82) is 0 Å². The maximum Gasteiger partial charge on any atom is 0.157 e. The molecule has 1 aliphatic rings. The second-order valence-corrected chi connectivity index (χ2v) is 7.46. The van der Waals surface area contributed by atoms with Crippen LogP contribution < -0.4 is 5.32 Å². The first kappa shape index (κ1) is 14.2. The summed E-state index contributed by atoms with van der Waals surface area (Å²) in [6.45, 7) is 9.90. The van der Waals surface area contributed by atoms with Crippen molar-refractivity contribution in [3.8, 4) is 0 Å². The lowest BCUT2D eigenvalue weighted by Gasteiger charge is -2.25. The molecular formula is C12H24N2S2. The van der Waals surface area contributed by atoms with E-state index in [0.29, 0.717) is 5.54 Å². The molecule has 0 aliphatic carbocycles. The third-order valence-electron chi connectivity index (χ3n) is 3.37. The molecule has 1 fully saturated rings. The number of nitrogens with zero attached hydrogens (tertiary/aromatic N) is 1. The number of amidine groups is 1. The van der Waals surface area contributed by atoms with Gasteiger partial charge in [0.15, 0.2) is 5.17 Å². The van der Waals surface area contributed by atoms with Crippen LogP contribution in [0.15, 0.2) is 4.99 Å². The van der Waals surface area contributed by atoms with E-state index in [-0.39, 0.29) is 4.75 Å². The summed E-state index contributed by atoms with van der Waals surface area (Å²) in [5, 5.41) is 4.75. The van der Waals surface area contributed by atoms with E-state index in [4.69, 9.17) is 4.99 Å². The number of thioether (sulfide) groups is 2. The first-order valence-electron chi connectivity index (χ1n) is 5.97. The number of rotatable bonds is 5. The van der Waals surface area contributed by atoms with Crippen LogP contribution in [-0.4, -0.2) is 34.0 Å². The summed E-state index contributed by atoms with van der Waals surface area (Å²) in [5.41, 5.74) is 0.299. The lowest BCUT2D eigenvalue weighted by atomic mass is 9.96. The van der Waals surface area contributed by atoms with Crippen LogP contribution in [0.3, 0.4) is 0 Å². The fraction of sp³-hybridized carbons (Fsp3) is 0.917. The first-order chi connectivity index (χ1) is 7.47. The van der Waals surface area contributed by atoms with Gasteiger partial charge in [0.25, 0.3) is 0 Å². The second kappa shape index (κ2) is 5.67. The van der Waals surface area contributed by atoms with Gasteiger partial charge < -0.3 is 5.32 Å². The Morgan fingerprint density at radius 3 is 2.50 bits per heavy atom. The van der Waals surface area contributed by atoms with Gasteiger partial charge in [-0.2, -0.15) is 11.8 Å². The molecule has 0 amide bonds. The van der Waals surface area contributed by atoms with Gasteiger partial charge >= 0.3 is 0 Å². The Morgan fingerprint density at radius 1 is 1.44 bits per heavy atom. The number of hydrogen-bond donors (Lipinski definition) is 1. The van der Waals surface area contributed by atoms with Gasteiger partial charge in [-0.1, -0.05) is 25.6 Å². The Bertz CT molecular complexity index is 258. The monoisotopic (exact) mass is 260 g/mol. The molecular weight excluding hydrogens is 236 g/mol. The largest absolute Gasteiger partial charge is 0.359 e. The molecule has 16 heavy (non-hydrogen) atoms. The van der Waals surface area contributed by atoms with E-state index in [9.17, 15) is 0 Å². The highest BCUT2D eigenvalue weighted by Gasteiger charge is 2.33. The van der Waals surface area contributed by atoms with E-state index < -0.39 is 0 Å². The van der Waals surface area contributed by atoms with Crippen LogP contribution >= 0.6 is 23.5 Å². The zero-order chi connectivity index (χ0) is 12.2. The zero-order valence-electron chi connectivity index (χ0n) is 11.1. The molecule has 1 aliphatic heterocycles. The van der Waals surface area contributed by atoms with E-state index in [1.807, 2.05) is 23.5 Å². The highest BCUT2D eigenvalue weighted by Crippen LogP contribution is 2.29. The zero-order valence-corrected chi connectivity index (χ0v) is 12.7. The van der Waals surface area contributed by atoms with Gasteiger partial charge in [-0.3, -0.25) is 4.99 Å². The van der Waals surface area contributed by atoms with Crippen LogP contribution in [0.5, 0.6) is 0 Å². The predicted molar refractivity (Wildman–Crippen MR) is 78.8 cm³/mol. The molecule has 0 unspecified atom stereocenters. The molecule has 1 rings (SSSR count). The highest BCUT2D eigenvalue weighted by atomic mass is 32.2. The Morgan fingerprint density at radius 2 is 2.06 bits per heavy atom. The third-order valence-corrected chi connectivity index (χ3v) is 5.80. The lowest BCUT2D eigenvalue weighted by molar-refractivity contribution is 0.407. The summed E-state index contributed by atoms with van der Waals surface area (Å²) >= 11 is 3.76. The second-order valence-electron chi connectivity index (χ2n) is 4.99. The summed E-state index contributed by atoms with van der Waals surface area (Å²) in [4.78, 5) is 4.70. The molecule has 0 aromatic rings. The lowest BCUT2D eigenvalue weighted by Crippen LogP contribution is -2.42. The van der Waals surface area contributed by atoms with Crippen LogP contribution in [0.4, 0.5) is 0 Å². The van der Waals surface area contributed by atoms with Gasteiger partial charge in [0.2, 0.25) is 0 Å². The van der Waals surface area contributed by atoms with Gasteiger partial charge in [0.05, 0.1) is 6.54 Å². The maximum atomic E-state index is 4.70. The molecule has 4 heteroatoms. The number of aliphatic imine (C=N–C) groups is 1. The molecule has 1 N–H and O–H groups in total. The third kappa shape index (κ3) is 3.59. The normalized spacial score (nSPS) is 22.4.